The van der Waals surface area contributed by atoms with E-state index in [2.05, 4.69) is 26.6 Å². The topological polar surface area (TPSA) is 76.7 Å². The average molecular weight is 489 g/mol. The molecule has 3 aromatic rings. The normalized spacial score (nSPS) is 10.4. The monoisotopic (exact) mass is 488 g/mol. The maximum atomic E-state index is 12.7. The Bertz CT molecular complexity index is 1040. The van der Waals surface area contributed by atoms with Gasteiger partial charge in [0.2, 0.25) is 0 Å². The minimum atomic E-state index is -0.256. The number of carbonyl (C=O) groups excluding carboxylic acids is 2. The summed E-state index contributed by atoms with van der Waals surface area (Å²) in [6.45, 7) is 0.417. The summed E-state index contributed by atoms with van der Waals surface area (Å²) in [4.78, 5) is 25.6. The van der Waals surface area contributed by atoms with Crippen LogP contribution in [0, 0.1) is 0 Å². The first-order valence-electron chi connectivity index (χ1n) is 9.16. The molecule has 0 spiro atoms. The summed E-state index contributed by atoms with van der Waals surface area (Å²) in [7, 11) is 3.16. The molecular formula is C22H21BrN2O4S. The predicted octanol–water partition coefficient (Wildman–Crippen LogP) is 4.75. The molecule has 0 unspecified atom stereocenters. The highest BCUT2D eigenvalue weighted by Crippen LogP contribution is 2.33. The zero-order valence-electron chi connectivity index (χ0n) is 16.5. The number of hydrogen-bond acceptors (Lipinski definition) is 5. The molecule has 3 rings (SSSR count). The first-order chi connectivity index (χ1) is 14.5. The number of methoxy groups -OCH3 is 2. The second-order valence-corrected chi connectivity index (χ2v) is 8.08. The highest BCUT2D eigenvalue weighted by molar-refractivity contribution is 9.10. The number of hydrogen-bond donors (Lipinski definition) is 2. The first kappa shape index (κ1) is 21.9. The fourth-order valence-corrected chi connectivity index (χ4v) is 4.02. The number of thiophene rings is 1. The van der Waals surface area contributed by atoms with E-state index in [0.717, 1.165) is 10.0 Å². The Labute approximate surface area is 187 Å². The van der Waals surface area contributed by atoms with Crippen LogP contribution >= 0.6 is 27.3 Å². The maximum absolute atomic E-state index is 12.7. The van der Waals surface area contributed by atoms with Crippen molar-refractivity contribution in [1.82, 2.24) is 5.32 Å². The molecule has 2 N–H and O–H groups in total. The summed E-state index contributed by atoms with van der Waals surface area (Å²) in [5, 5.41) is 7.55. The van der Waals surface area contributed by atoms with Crippen molar-refractivity contribution in [2.75, 3.05) is 26.1 Å². The second-order valence-electron chi connectivity index (χ2n) is 6.28. The highest BCUT2D eigenvalue weighted by atomic mass is 79.9. The number of anilines is 1. The Morgan fingerprint density at radius 3 is 2.43 bits per heavy atom. The van der Waals surface area contributed by atoms with Crippen molar-refractivity contribution < 1.29 is 19.1 Å². The molecule has 156 valence electrons. The van der Waals surface area contributed by atoms with Crippen LogP contribution in [0.4, 0.5) is 5.69 Å². The third kappa shape index (κ3) is 5.20. The molecule has 1 aromatic heterocycles. The van der Waals surface area contributed by atoms with Crippen LogP contribution in [0.2, 0.25) is 0 Å². The largest absolute Gasteiger partial charge is 0.493 e. The fraction of sp³-hybridized carbons (Fsp3) is 0.182. The van der Waals surface area contributed by atoms with E-state index in [0.29, 0.717) is 40.6 Å². The van der Waals surface area contributed by atoms with Crippen LogP contribution in [0.5, 0.6) is 11.5 Å². The lowest BCUT2D eigenvalue weighted by molar-refractivity contribution is 0.0955. The third-order valence-electron chi connectivity index (χ3n) is 4.40. The Balaban J connectivity index is 1.65. The maximum Gasteiger partial charge on any atom is 0.265 e. The lowest BCUT2D eigenvalue weighted by Gasteiger charge is -2.13. The minimum absolute atomic E-state index is 0.237. The lowest BCUT2D eigenvalue weighted by atomic mass is 10.1. The molecule has 30 heavy (non-hydrogen) atoms. The molecule has 8 heteroatoms. The quantitative estimate of drug-likeness (QED) is 0.479. The molecule has 0 fully saturated rings. The zero-order chi connectivity index (χ0) is 21.5. The molecule has 0 atom stereocenters. The summed E-state index contributed by atoms with van der Waals surface area (Å²) in [5.74, 6) is 0.768. The molecule has 0 saturated carbocycles. The van der Waals surface area contributed by atoms with Gasteiger partial charge in [0.1, 0.15) is 0 Å². The van der Waals surface area contributed by atoms with Gasteiger partial charge < -0.3 is 20.1 Å². The SMILES string of the molecule is COc1cc(Br)c(CCNC(=O)c2ccccc2NC(=O)c2cccs2)cc1OC. The Kier molecular flexibility index (Phi) is 7.48. The Morgan fingerprint density at radius 2 is 1.73 bits per heavy atom. The van der Waals surface area contributed by atoms with E-state index < -0.39 is 0 Å². The number of rotatable bonds is 8. The van der Waals surface area contributed by atoms with Crippen molar-refractivity contribution in [3.05, 3.63) is 74.4 Å². The summed E-state index contributed by atoms with van der Waals surface area (Å²) in [5.41, 5.74) is 1.86. The molecule has 1 heterocycles. The average Bonchev–Trinajstić information content (AvgIpc) is 3.30. The second kappa shape index (κ2) is 10.3. The van der Waals surface area contributed by atoms with Gasteiger partial charge in [-0.25, -0.2) is 0 Å². The number of amides is 2. The molecule has 2 amide bonds. The molecule has 0 saturated heterocycles. The number of nitrogens with one attached hydrogen (secondary N) is 2. The van der Waals surface area contributed by atoms with Gasteiger partial charge in [0.05, 0.1) is 30.3 Å². The fourth-order valence-electron chi connectivity index (χ4n) is 2.88. The lowest BCUT2D eigenvalue weighted by Crippen LogP contribution is -2.27. The molecular weight excluding hydrogens is 468 g/mol. The molecule has 2 aromatic carbocycles. The standard InChI is InChI=1S/C22H21BrN2O4S/c1-28-18-12-14(16(23)13-19(18)29-2)9-10-24-21(26)15-6-3-4-7-17(15)25-22(27)20-8-5-11-30-20/h3-8,11-13H,9-10H2,1-2H3,(H,24,26)(H,25,27). The first-order valence-corrected chi connectivity index (χ1v) is 10.8. The van der Waals surface area contributed by atoms with Gasteiger partial charge in [0, 0.05) is 11.0 Å². The molecule has 0 aliphatic carbocycles. The minimum Gasteiger partial charge on any atom is -0.493 e. The van der Waals surface area contributed by atoms with E-state index in [-0.39, 0.29) is 11.8 Å². The van der Waals surface area contributed by atoms with Gasteiger partial charge in [-0.3, -0.25) is 9.59 Å². The van der Waals surface area contributed by atoms with Crippen molar-refractivity contribution in [2.45, 2.75) is 6.42 Å². The smallest absolute Gasteiger partial charge is 0.265 e. The summed E-state index contributed by atoms with van der Waals surface area (Å²) >= 11 is 4.87. The van der Waals surface area contributed by atoms with E-state index in [1.54, 1.807) is 44.6 Å². The van der Waals surface area contributed by atoms with Crippen molar-refractivity contribution in [2.24, 2.45) is 0 Å². The molecule has 0 bridgehead atoms. The molecule has 6 nitrogen and oxygen atoms in total. The van der Waals surface area contributed by atoms with Crippen LogP contribution in [0.1, 0.15) is 25.6 Å². The third-order valence-corrected chi connectivity index (χ3v) is 6.00. The van der Waals surface area contributed by atoms with Crippen LogP contribution in [-0.4, -0.2) is 32.6 Å². The zero-order valence-corrected chi connectivity index (χ0v) is 18.9. The predicted molar refractivity (Wildman–Crippen MR) is 122 cm³/mol. The van der Waals surface area contributed by atoms with Gasteiger partial charge in [-0.15, -0.1) is 11.3 Å². The number of ether oxygens (including phenoxy) is 2. The molecule has 0 aliphatic rings. The number of carbonyl (C=O) groups is 2. The van der Waals surface area contributed by atoms with Gasteiger partial charge in [0.25, 0.3) is 11.8 Å². The van der Waals surface area contributed by atoms with Crippen molar-refractivity contribution >= 4 is 44.8 Å². The Hall–Kier alpha value is -2.84. The van der Waals surface area contributed by atoms with Crippen LogP contribution in [0.15, 0.2) is 58.4 Å². The molecule has 0 aliphatic heterocycles. The van der Waals surface area contributed by atoms with Gasteiger partial charge in [0.15, 0.2) is 11.5 Å². The van der Waals surface area contributed by atoms with E-state index in [1.165, 1.54) is 11.3 Å². The Morgan fingerprint density at radius 1 is 1.00 bits per heavy atom. The van der Waals surface area contributed by atoms with Gasteiger partial charge in [-0.2, -0.15) is 0 Å². The summed E-state index contributed by atoms with van der Waals surface area (Å²) in [6, 6.07) is 14.2. The number of halogens is 1. The van der Waals surface area contributed by atoms with Crippen molar-refractivity contribution in [1.29, 1.82) is 0 Å². The van der Waals surface area contributed by atoms with Crippen LogP contribution in [0.25, 0.3) is 0 Å². The van der Waals surface area contributed by atoms with Gasteiger partial charge in [-0.05, 0) is 47.7 Å². The van der Waals surface area contributed by atoms with E-state index in [4.69, 9.17) is 9.47 Å². The van der Waals surface area contributed by atoms with Crippen molar-refractivity contribution in [3.8, 4) is 11.5 Å². The van der Waals surface area contributed by atoms with Crippen molar-refractivity contribution in [3.63, 3.8) is 0 Å². The molecule has 0 radical (unpaired) electrons. The highest BCUT2D eigenvalue weighted by Gasteiger charge is 2.15. The summed E-state index contributed by atoms with van der Waals surface area (Å²) in [6.07, 6.45) is 0.594. The van der Waals surface area contributed by atoms with Crippen LogP contribution < -0.4 is 20.1 Å². The number of para-hydroxylation sites is 1. The van der Waals surface area contributed by atoms with E-state index >= 15 is 0 Å². The van der Waals surface area contributed by atoms with Crippen LogP contribution in [-0.2, 0) is 6.42 Å². The van der Waals surface area contributed by atoms with E-state index in [1.807, 2.05) is 23.6 Å². The van der Waals surface area contributed by atoms with Gasteiger partial charge >= 0.3 is 0 Å². The number of benzene rings is 2. The van der Waals surface area contributed by atoms with E-state index in [9.17, 15) is 9.59 Å². The van der Waals surface area contributed by atoms with Gasteiger partial charge in [-0.1, -0.05) is 34.1 Å². The van der Waals surface area contributed by atoms with Crippen LogP contribution in [0.3, 0.4) is 0 Å². The summed E-state index contributed by atoms with van der Waals surface area (Å²) < 4.78 is 11.5.